The number of amides is 1. The molecule has 6 heteroatoms. The van der Waals surface area contributed by atoms with Crippen molar-refractivity contribution in [2.45, 2.75) is 25.7 Å². The lowest BCUT2D eigenvalue weighted by atomic mass is 9.92. The Balaban J connectivity index is 1.44. The minimum atomic E-state index is 0.0362. The van der Waals surface area contributed by atoms with Crippen molar-refractivity contribution in [2.75, 3.05) is 30.4 Å². The third kappa shape index (κ3) is 5.20. The van der Waals surface area contributed by atoms with Crippen molar-refractivity contribution in [3.63, 3.8) is 0 Å². The molecule has 140 valence electrons. The number of nitriles is 1. The molecule has 0 saturated carbocycles. The second kappa shape index (κ2) is 9.04. The van der Waals surface area contributed by atoms with Gasteiger partial charge in [-0.1, -0.05) is 12.1 Å². The summed E-state index contributed by atoms with van der Waals surface area (Å²) in [6, 6.07) is 15.0. The van der Waals surface area contributed by atoms with Crippen LogP contribution < -0.4 is 15.0 Å². The van der Waals surface area contributed by atoms with E-state index in [4.69, 9.17) is 10.00 Å². The van der Waals surface area contributed by atoms with Crippen LogP contribution in [0.5, 0.6) is 5.75 Å². The first-order chi connectivity index (χ1) is 13.2. The van der Waals surface area contributed by atoms with Gasteiger partial charge in [0.25, 0.3) is 0 Å². The van der Waals surface area contributed by atoms with Crippen molar-refractivity contribution in [3.8, 4) is 11.8 Å². The Kier molecular flexibility index (Phi) is 6.26. The second-order valence-corrected chi connectivity index (χ2v) is 6.74. The molecule has 0 atom stereocenters. The monoisotopic (exact) mass is 364 g/mol. The van der Waals surface area contributed by atoms with E-state index in [9.17, 15) is 4.79 Å². The van der Waals surface area contributed by atoms with Gasteiger partial charge in [0.15, 0.2) is 0 Å². The molecule has 0 radical (unpaired) electrons. The van der Waals surface area contributed by atoms with E-state index >= 15 is 0 Å². The van der Waals surface area contributed by atoms with E-state index in [2.05, 4.69) is 21.3 Å². The summed E-state index contributed by atoms with van der Waals surface area (Å²) in [5, 5.41) is 11.9. The Hall–Kier alpha value is -3.07. The Morgan fingerprint density at radius 2 is 2.07 bits per heavy atom. The first-order valence-corrected chi connectivity index (χ1v) is 9.24. The molecule has 0 bridgehead atoms. The van der Waals surface area contributed by atoms with Crippen LogP contribution in [0, 0.1) is 17.2 Å². The molecule has 1 saturated heterocycles. The number of anilines is 2. The third-order valence-electron chi connectivity index (χ3n) is 4.92. The Morgan fingerprint density at radius 1 is 1.30 bits per heavy atom. The number of pyridine rings is 1. The van der Waals surface area contributed by atoms with Crippen LogP contribution in [-0.2, 0) is 4.79 Å². The number of carbonyl (C=O) groups excluding carboxylic acids is 1. The highest BCUT2D eigenvalue weighted by Crippen LogP contribution is 2.25. The van der Waals surface area contributed by atoms with Crippen LogP contribution in [0.25, 0.3) is 0 Å². The number of ether oxygens (including phenoxy) is 1. The maximum absolute atomic E-state index is 12.2. The number of aromatic nitrogens is 1. The molecule has 27 heavy (non-hydrogen) atoms. The van der Waals surface area contributed by atoms with Gasteiger partial charge in [-0.3, -0.25) is 4.79 Å². The summed E-state index contributed by atoms with van der Waals surface area (Å²) in [5.74, 6) is 2.17. The highest BCUT2D eigenvalue weighted by molar-refractivity contribution is 5.90. The predicted octanol–water partition coefficient (Wildman–Crippen LogP) is 3.60. The minimum absolute atomic E-state index is 0.0362. The van der Waals surface area contributed by atoms with Crippen molar-refractivity contribution < 1.29 is 9.53 Å². The van der Waals surface area contributed by atoms with Crippen molar-refractivity contribution in [1.82, 2.24) is 4.98 Å². The lowest BCUT2D eigenvalue weighted by Gasteiger charge is -2.32. The molecule has 3 rings (SSSR count). The number of rotatable bonds is 6. The van der Waals surface area contributed by atoms with Crippen LogP contribution in [-0.4, -0.2) is 31.1 Å². The number of carbonyl (C=O) groups is 1. The number of hydrogen-bond acceptors (Lipinski definition) is 5. The molecule has 1 amide bonds. The van der Waals surface area contributed by atoms with Gasteiger partial charge in [0.05, 0.1) is 7.11 Å². The summed E-state index contributed by atoms with van der Waals surface area (Å²) in [6.07, 6.45) is 3.47. The molecule has 1 fully saturated rings. The summed E-state index contributed by atoms with van der Waals surface area (Å²) < 4.78 is 5.17. The molecule has 1 aromatic carbocycles. The van der Waals surface area contributed by atoms with Gasteiger partial charge in [-0.15, -0.1) is 0 Å². The van der Waals surface area contributed by atoms with Gasteiger partial charge in [0, 0.05) is 31.3 Å². The van der Waals surface area contributed by atoms with Crippen LogP contribution in [0.3, 0.4) is 0 Å². The molecular weight excluding hydrogens is 340 g/mol. The van der Waals surface area contributed by atoms with Gasteiger partial charge >= 0.3 is 0 Å². The van der Waals surface area contributed by atoms with Gasteiger partial charge in [-0.2, -0.15) is 5.26 Å². The highest BCUT2D eigenvalue weighted by Gasteiger charge is 2.21. The lowest BCUT2D eigenvalue weighted by molar-refractivity contribution is -0.116. The summed E-state index contributed by atoms with van der Waals surface area (Å²) in [4.78, 5) is 18.8. The second-order valence-electron chi connectivity index (χ2n) is 6.74. The number of piperidine rings is 1. The van der Waals surface area contributed by atoms with Crippen LogP contribution in [0.1, 0.15) is 31.4 Å². The van der Waals surface area contributed by atoms with Crippen LogP contribution in [0.2, 0.25) is 0 Å². The zero-order valence-electron chi connectivity index (χ0n) is 15.5. The molecule has 1 aromatic heterocycles. The fourth-order valence-corrected chi connectivity index (χ4v) is 3.37. The number of nitrogens with zero attached hydrogens (tertiary/aromatic N) is 3. The number of nitrogens with one attached hydrogen (secondary N) is 1. The molecule has 6 nitrogen and oxygen atoms in total. The SMILES string of the molecule is COc1cccc(NC(=O)CCC2CCN(c3cccc(C#N)n3)CC2)c1. The summed E-state index contributed by atoms with van der Waals surface area (Å²) in [5.41, 5.74) is 1.21. The van der Waals surface area contributed by atoms with Crippen LogP contribution >= 0.6 is 0 Å². The number of hydrogen-bond donors (Lipinski definition) is 1. The minimum Gasteiger partial charge on any atom is -0.497 e. The van der Waals surface area contributed by atoms with Crippen molar-refractivity contribution in [1.29, 1.82) is 5.26 Å². The summed E-state index contributed by atoms with van der Waals surface area (Å²) >= 11 is 0. The summed E-state index contributed by atoms with van der Waals surface area (Å²) in [6.45, 7) is 1.81. The standard InChI is InChI=1S/C21H24N4O2/c1-27-19-6-2-4-17(14-19)24-21(26)9-8-16-10-12-25(13-11-16)20-7-3-5-18(15-22)23-20/h2-7,14,16H,8-13H2,1H3,(H,24,26). The first kappa shape index (κ1) is 18.7. The molecule has 0 unspecified atom stereocenters. The zero-order valence-corrected chi connectivity index (χ0v) is 15.5. The average Bonchev–Trinajstić information content (AvgIpc) is 2.73. The molecule has 1 N–H and O–H groups in total. The van der Waals surface area contributed by atoms with E-state index in [1.54, 1.807) is 13.2 Å². The normalized spacial score (nSPS) is 14.4. The average molecular weight is 364 g/mol. The van der Waals surface area contributed by atoms with E-state index < -0.39 is 0 Å². The molecule has 1 aliphatic rings. The quantitative estimate of drug-likeness (QED) is 0.847. The topological polar surface area (TPSA) is 78.2 Å². The number of benzene rings is 1. The van der Waals surface area contributed by atoms with Gasteiger partial charge < -0.3 is 15.0 Å². The first-order valence-electron chi connectivity index (χ1n) is 9.24. The van der Waals surface area contributed by atoms with Crippen LogP contribution in [0.15, 0.2) is 42.5 Å². The molecule has 2 heterocycles. The highest BCUT2D eigenvalue weighted by atomic mass is 16.5. The smallest absolute Gasteiger partial charge is 0.224 e. The molecule has 2 aromatic rings. The zero-order chi connectivity index (χ0) is 19.1. The molecule has 1 aliphatic heterocycles. The summed E-state index contributed by atoms with van der Waals surface area (Å²) in [7, 11) is 1.61. The fraction of sp³-hybridized carbons (Fsp3) is 0.381. The van der Waals surface area contributed by atoms with Gasteiger partial charge in [0.1, 0.15) is 23.3 Å². The van der Waals surface area contributed by atoms with Gasteiger partial charge in [0.2, 0.25) is 5.91 Å². The maximum atomic E-state index is 12.2. The molecular formula is C21H24N4O2. The Morgan fingerprint density at radius 3 is 2.81 bits per heavy atom. The Labute approximate surface area is 159 Å². The van der Waals surface area contributed by atoms with Crippen LogP contribution in [0.4, 0.5) is 11.5 Å². The Bertz CT molecular complexity index is 823. The predicted molar refractivity (Wildman–Crippen MR) is 105 cm³/mol. The van der Waals surface area contributed by atoms with Crippen molar-refractivity contribution in [3.05, 3.63) is 48.2 Å². The van der Waals surface area contributed by atoms with E-state index in [-0.39, 0.29) is 5.91 Å². The lowest BCUT2D eigenvalue weighted by Crippen LogP contribution is -2.34. The van der Waals surface area contributed by atoms with E-state index in [1.807, 2.05) is 36.4 Å². The largest absolute Gasteiger partial charge is 0.497 e. The van der Waals surface area contributed by atoms with Crippen molar-refractivity contribution >= 4 is 17.4 Å². The fourth-order valence-electron chi connectivity index (χ4n) is 3.37. The number of methoxy groups -OCH3 is 1. The third-order valence-corrected chi connectivity index (χ3v) is 4.92. The van der Waals surface area contributed by atoms with E-state index in [0.29, 0.717) is 18.0 Å². The van der Waals surface area contributed by atoms with E-state index in [1.165, 1.54) is 0 Å². The van der Waals surface area contributed by atoms with Crippen molar-refractivity contribution in [2.24, 2.45) is 5.92 Å². The molecule has 0 aliphatic carbocycles. The molecule has 0 spiro atoms. The van der Waals surface area contributed by atoms with Gasteiger partial charge in [-0.25, -0.2) is 4.98 Å². The van der Waals surface area contributed by atoms with Gasteiger partial charge in [-0.05, 0) is 49.4 Å². The van der Waals surface area contributed by atoms with E-state index in [0.717, 1.165) is 49.6 Å². The maximum Gasteiger partial charge on any atom is 0.224 e.